The van der Waals surface area contributed by atoms with Crippen LogP contribution in [0.4, 0.5) is 0 Å². The maximum absolute atomic E-state index is 5.61. The second-order valence-electron chi connectivity index (χ2n) is 4.25. The van der Waals surface area contributed by atoms with Crippen LogP contribution < -0.4 is 11.3 Å². The molecule has 0 aliphatic rings. The molecule has 98 valence electrons. The number of nitrogens with two attached hydrogens (primary N) is 1. The van der Waals surface area contributed by atoms with E-state index in [2.05, 4.69) is 30.4 Å². The van der Waals surface area contributed by atoms with E-state index in [1.165, 1.54) is 5.69 Å². The summed E-state index contributed by atoms with van der Waals surface area (Å²) in [6, 6.07) is 2.22. The highest BCUT2D eigenvalue weighted by atomic mass is 16.5. The molecule has 0 fully saturated rings. The number of hydrazine groups is 1. The van der Waals surface area contributed by atoms with Gasteiger partial charge in [-0.1, -0.05) is 6.92 Å². The van der Waals surface area contributed by atoms with Crippen molar-refractivity contribution in [2.75, 3.05) is 7.11 Å². The van der Waals surface area contributed by atoms with Crippen molar-refractivity contribution in [2.24, 2.45) is 5.84 Å². The Morgan fingerprint density at radius 2 is 2.24 bits per heavy atom. The third-order valence-electron chi connectivity index (χ3n) is 3.08. The smallest absolute Gasteiger partial charge is 0.0738 e. The number of aryl methyl sites for hydroxylation is 2. The Morgan fingerprint density at radius 1 is 1.53 bits per heavy atom. The van der Waals surface area contributed by atoms with Crippen molar-refractivity contribution in [2.45, 2.75) is 52.3 Å². The topological polar surface area (TPSA) is 65.1 Å². The van der Waals surface area contributed by atoms with Crippen LogP contribution in [-0.2, 0) is 17.7 Å². The largest absolute Gasteiger partial charge is 0.380 e. The SMILES string of the molecule is CCC(OC)C(Cc1cc(C)nn1CC)NN. The van der Waals surface area contributed by atoms with E-state index in [-0.39, 0.29) is 12.1 Å². The summed E-state index contributed by atoms with van der Waals surface area (Å²) >= 11 is 0. The van der Waals surface area contributed by atoms with Crippen molar-refractivity contribution in [1.82, 2.24) is 15.2 Å². The molecule has 0 saturated carbocycles. The number of methoxy groups -OCH3 is 1. The van der Waals surface area contributed by atoms with Crippen molar-refractivity contribution in [3.8, 4) is 0 Å². The Hall–Kier alpha value is -0.910. The standard InChI is InChI=1S/C12H24N4O/c1-5-12(17-4)11(14-13)8-10-7-9(3)15-16(10)6-2/h7,11-12,14H,5-6,8,13H2,1-4H3. The third-order valence-corrected chi connectivity index (χ3v) is 3.08. The van der Waals surface area contributed by atoms with Crippen molar-refractivity contribution in [1.29, 1.82) is 0 Å². The fourth-order valence-electron chi connectivity index (χ4n) is 2.18. The Bertz CT molecular complexity index is 333. The average Bonchev–Trinajstić information content (AvgIpc) is 2.69. The van der Waals surface area contributed by atoms with Gasteiger partial charge in [0.1, 0.15) is 0 Å². The fraction of sp³-hybridized carbons (Fsp3) is 0.750. The summed E-state index contributed by atoms with van der Waals surface area (Å²) in [4.78, 5) is 0. The lowest BCUT2D eigenvalue weighted by Gasteiger charge is -2.24. The quantitative estimate of drug-likeness (QED) is 0.551. The summed E-state index contributed by atoms with van der Waals surface area (Å²) < 4.78 is 7.45. The molecule has 3 N–H and O–H groups in total. The molecule has 0 aliphatic carbocycles. The van der Waals surface area contributed by atoms with E-state index in [1.807, 2.05) is 11.6 Å². The van der Waals surface area contributed by atoms with Crippen molar-refractivity contribution < 1.29 is 4.74 Å². The second-order valence-corrected chi connectivity index (χ2v) is 4.25. The Labute approximate surface area is 103 Å². The molecule has 5 nitrogen and oxygen atoms in total. The van der Waals surface area contributed by atoms with Crippen LogP contribution in [0.15, 0.2) is 6.07 Å². The zero-order chi connectivity index (χ0) is 12.8. The minimum Gasteiger partial charge on any atom is -0.380 e. The molecule has 1 aromatic rings. The van der Waals surface area contributed by atoms with Crippen LogP contribution in [0.2, 0.25) is 0 Å². The minimum atomic E-state index is 0.117. The van der Waals surface area contributed by atoms with E-state index in [0.29, 0.717) is 0 Å². The Kier molecular flexibility index (Phi) is 5.61. The second kappa shape index (κ2) is 6.74. The molecule has 0 aliphatic heterocycles. The number of hydrogen-bond donors (Lipinski definition) is 2. The predicted octanol–water partition coefficient (Wildman–Crippen LogP) is 1.01. The van der Waals surface area contributed by atoms with Crippen LogP contribution in [0.3, 0.4) is 0 Å². The summed E-state index contributed by atoms with van der Waals surface area (Å²) in [5, 5.41) is 4.43. The molecule has 1 rings (SSSR count). The van der Waals surface area contributed by atoms with Gasteiger partial charge in [0.2, 0.25) is 0 Å². The van der Waals surface area contributed by atoms with Gasteiger partial charge in [0.15, 0.2) is 0 Å². The molecular weight excluding hydrogens is 216 g/mol. The molecular formula is C12H24N4O. The molecule has 0 amide bonds. The van der Waals surface area contributed by atoms with Gasteiger partial charge in [-0.05, 0) is 26.3 Å². The van der Waals surface area contributed by atoms with Crippen molar-refractivity contribution >= 4 is 0 Å². The minimum absolute atomic E-state index is 0.117. The molecule has 0 bridgehead atoms. The van der Waals surface area contributed by atoms with Crippen LogP contribution >= 0.6 is 0 Å². The van der Waals surface area contributed by atoms with Gasteiger partial charge in [-0.2, -0.15) is 5.10 Å². The summed E-state index contributed by atoms with van der Waals surface area (Å²) in [7, 11) is 1.72. The first-order valence-electron chi connectivity index (χ1n) is 6.18. The van der Waals surface area contributed by atoms with Crippen LogP contribution in [0.5, 0.6) is 0 Å². The van der Waals surface area contributed by atoms with Crippen molar-refractivity contribution in [3.63, 3.8) is 0 Å². The zero-order valence-corrected chi connectivity index (χ0v) is 11.2. The molecule has 0 aromatic carbocycles. The Balaban J connectivity index is 2.79. The maximum Gasteiger partial charge on any atom is 0.0738 e. The van der Waals surface area contributed by atoms with Gasteiger partial charge in [-0.25, -0.2) is 0 Å². The number of nitrogens with one attached hydrogen (secondary N) is 1. The van der Waals surface area contributed by atoms with Gasteiger partial charge in [0.25, 0.3) is 0 Å². The van der Waals surface area contributed by atoms with Crippen LogP contribution in [-0.4, -0.2) is 29.0 Å². The summed E-state index contributed by atoms with van der Waals surface area (Å²) in [6.07, 6.45) is 1.89. The molecule has 2 atom stereocenters. The predicted molar refractivity (Wildman–Crippen MR) is 68.5 cm³/mol. The highest BCUT2D eigenvalue weighted by Gasteiger charge is 2.20. The lowest BCUT2D eigenvalue weighted by atomic mass is 10.0. The average molecular weight is 240 g/mol. The van der Waals surface area contributed by atoms with E-state index >= 15 is 0 Å². The zero-order valence-electron chi connectivity index (χ0n) is 11.2. The first kappa shape index (κ1) is 14.2. The number of rotatable bonds is 7. The summed E-state index contributed by atoms with van der Waals surface area (Å²) in [6.45, 7) is 7.08. The molecule has 0 radical (unpaired) electrons. The molecule has 0 saturated heterocycles. The van der Waals surface area contributed by atoms with E-state index < -0.39 is 0 Å². The first-order chi connectivity index (χ1) is 8.15. The number of ether oxygens (including phenoxy) is 1. The summed E-state index contributed by atoms with van der Waals surface area (Å²) in [5.41, 5.74) is 5.09. The van der Waals surface area contributed by atoms with Gasteiger partial charge in [-0.3, -0.25) is 16.0 Å². The lowest BCUT2D eigenvalue weighted by Crippen LogP contribution is -2.46. The number of aromatic nitrogens is 2. The van der Waals surface area contributed by atoms with Gasteiger partial charge >= 0.3 is 0 Å². The van der Waals surface area contributed by atoms with E-state index in [9.17, 15) is 0 Å². The third kappa shape index (κ3) is 3.52. The normalized spacial score (nSPS) is 14.9. The van der Waals surface area contributed by atoms with Crippen LogP contribution in [0, 0.1) is 6.92 Å². The number of nitrogens with zero attached hydrogens (tertiary/aromatic N) is 2. The Morgan fingerprint density at radius 3 is 2.71 bits per heavy atom. The van der Waals surface area contributed by atoms with Crippen molar-refractivity contribution in [3.05, 3.63) is 17.5 Å². The van der Waals surface area contributed by atoms with E-state index in [4.69, 9.17) is 10.6 Å². The van der Waals surface area contributed by atoms with E-state index in [1.54, 1.807) is 7.11 Å². The molecule has 17 heavy (non-hydrogen) atoms. The lowest BCUT2D eigenvalue weighted by molar-refractivity contribution is 0.0647. The first-order valence-corrected chi connectivity index (χ1v) is 6.18. The molecule has 0 spiro atoms. The molecule has 5 heteroatoms. The highest BCUT2D eigenvalue weighted by molar-refractivity contribution is 5.11. The highest BCUT2D eigenvalue weighted by Crippen LogP contribution is 2.12. The number of hydrogen-bond acceptors (Lipinski definition) is 4. The molecule has 1 heterocycles. The molecule has 1 aromatic heterocycles. The van der Waals surface area contributed by atoms with Crippen LogP contribution in [0.1, 0.15) is 31.7 Å². The summed E-state index contributed by atoms with van der Waals surface area (Å²) in [5.74, 6) is 5.61. The van der Waals surface area contributed by atoms with Gasteiger partial charge in [-0.15, -0.1) is 0 Å². The van der Waals surface area contributed by atoms with E-state index in [0.717, 1.165) is 25.1 Å². The monoisotopic (exact) mass is 240 g/mol. The van der Waals surface area contributed by atoms with Gasteiger partial charge in [0, 0.05) is 25.8 Å². The maximum atomic E-state index is 5.61. The molecule has 2 unspecified atom stereocenters. The van der Waals surface area contributed by atoms with Crippen LogP contribution in [0.25, 0.3) is 0 Å². The van der Waals surface area contributed by atoms with Gasteiger partial charge in [0.05, 0.1) is 17.8 Å². The fourth-order valence-corrected chi connectivity index (χ4v) is 2.18. The van der Waals surface area contributed by atoms with Gasteiger partial charge < -0.3 is 4.74 Å².